The van der Waals surface area contributed by atoms with Crippen molar-refractivity contribution < 1.29 is 19.8 Å². The van der Waals surface area contributed by atoms with E-state index in [4.69, 9.17) is 9.97 Å². The third-order valence-electron chi connectivity index (χ3n) is 12.7. The van der Waals surface area contributed by atoms with Crippen LogP contribution in [-0.4, -0.2) is 97.3 Å². The lowest BCUT2D eigenvalue weighted by Crippen LogP contribution is -2.59. The van der Waals surface area contributed by atoms with Crippen molar-refractivity contribution in [3.8, 4) is 11.3 Å². The molecule has 1 aliphatic carbocycles. The Morgan fingerprint density at radius 2 is 1.71 bits per heavy atom. The number of benzene rings is 2. The maximum atomic E-state index is 14.9. The summed E-state index contributed by atoms with van der Waals surface area (Å²) in [6.07, 6.45) is 7.79. The van der Waals surface area contributed by atoms with Crippen LogP contribution in [0.5, 0.6) is 0 Å². The van der Waals surface area contributed by atoms with Gasteiger partial charge in [-0.3, -0.25) is 14.9 Å². The fraction of sp³-hybridized carbons (Fsp3) is 0.535. The number of aromatic nitrogens is 3. The maximum absolute atomic E-state index is 14.9. The number of nitrogens with zero attached hydrogens (tertiary/aromatic N) is 6. The van der Waals surface area contributed by atoms with Gasteiger partial charge in [-0.2, -0.15) is 0 Å². The number of aliphatic hydroxyl groups excluding tert-OH is 1. The van der Waals surface area contributed by atoms with Crippen LogP contribution in [0.2, 0.25) is 0 Å². The molecular weight excluding hydrogens is 693 g/mol. The molecule has 0 bridgehead atoms. The largest absolute Gasteiger partial charge is 0.381 e. The summed E-state index contributed by atoms with van der Waals surface area (Å²) in [4.78, 5) is 44.5. The van der Waals surface area contributed by atoms with E-state index in [0.29, 0.717) is 37.8 Å². The van der Waals surface area contributed by atoms with Gasteiger partial charge in [0, 0.05) is 53.7 Å². The standard InChI is InChI=1S/C43H56N8O4/c1-26(2)50-25-45-35-24-34(47-38(37(35)50)46-29-12-10-27(3)32(21-29)39(52)44-6)28-11-13-33-36(20-28)51(31-22-30(23-31)48-16-8-7-9-17-48)41(54)43(33)14-18-49(19-15-43)40(53)42(4,5)55/h10-13,20-21,24-26,30-31,39,44,52,55H,7-9,14-19,22-23H2,1-6H3,(H,46,47). The zero-order valence-electron chi connectivity index (χ0n) is 33.1. The van der Waals surface area contributed by atoms with Gasteiger partial charge in [-0.15, -0.1) is 0 Å². The minimum Gasteiger partial charge on any atom is -0.381 e. The summed E-state index contributed by atoms with van der Waals surface area (Å²) in [5, 5.41) is 27.6. The second-order valence-electron chi connectivity index (χ2n) is 17.1. The normalized spacial score (nSPS) is 22.0. The Bertz CT molecular complexity index is 2100. The van der Waals surface area contributed by atoms with Gasteiger partial charge in [0.1, 0.15) is 17.3 Å². The Morgan fingerprint density at radius 1 is 0.982 bits per heavy atom. The molecule has 5 heterocycles. The first kappa shape index (κ1) is 37.6. The molecule has 3 fully saturated rings. The molecule has 0 radical (unpaired) electrons. The molecule has 2 aromatic carbocycles. The first-order valence-electron chi connectivity index (χ1n) is 20.1. The lowest BCUT2D eigenvalue weighted by Gasteiger charge is -2.48. The highest BCUT2D eigenvalue weighted by Crippen LogP contribution is 2.52. The van der Waals surface area contributed by atoms with Crippen LogP contribution < -0.4 is 15.5 Å². The van der Waals surface area contributed by atoms with Gasteiger partial charge in [-0.05, 0) is 129 Å². The van der Waals surface area contributed by atoms with Crippen molar-refractivity contribution in [1.82, 2.24) is 29.7 Å². The van der Waals surface area contributed by atoms with Crippen molar-refractivity contribution in [2.45, 2.75) is 115 Å². The summed E-state index contributed by atoms with van der Waals surface area (Å²) in [6, 6.07) is 15.1. The van der Waals surface area contributed by atoms with E-state index in [2.05, 4.69) is 57.0 Å². The summed E-state index contributed by atoms with van der Waals surface area (Å²) >= 11 is 0. The van der Waals surface area contributed by atoms with Gasteiger partial charge in [0.25, 0.3) is 5.91 Å². The van der Waals surface area contributed by atoms with Gasteiger partial charge in [0.15, 0.2) is 5.82 Å². The third kappa shape index (κ3) is 6.60. The molecule has 1 spiro atoms. The van der Waals surface area contributed by atoms with Gasteiger partial charge < -0.3 is 34.8 Å². The summed E-state index contributed by atoms with van der Waals surface area (Å²) in [7, 11) is 1.73. The predicted octanol–water partition coefficient (Wildman–Crippen LogP) is 5.94. The maximum Gasteiger partial charge on any atom is 0.253 e. The van der Waals surface area contributed by atoms with Crippen molar-refractivity contribution in [3.05, 3.63) is 65.5 Å². The third-order valence-corrected chi connectivity index (χ3v) is 12.7. The number of anilines is 3. The molecule has 2 saturated heterocycles. The number of amides is 2. The second-order valence-corrected chi connectivity index (χ2v) is 17.1. The smallest absolute Gasteiger partial charge is 0.253 e. The van der Waals surface area contributed by atoms with Crippen molar-refractivity contribution >= 4 is 40.0 Å². The Kier molecular flexibility index (Phi) is 9.76. The van der Waals surface area contributed by atoms with Gasteiger partial charge >= 0.3 is 0 Å². The molecule has 292 valence electrons. The van der Waals surface area contributed by atoms with Crippen LogP contribution in [0.4, 0.5) is 17.2 Å². The Labute approximate surface area is 323 Å². The van der Waals surface area contributed by atoms with E-state index < -0.39 is 17.2 Å². The lowest BCUT2D eigenvalue weighted by atomic mass is 9.73. The number of carbonyl (C=O) groups excluding carboxylic acids is 2. The summed E-state index contributed by atoms with van der Waals surface area (Å²) in [6.45, 7) is 12.4. The lowest BCUT2D eigenvalue weighted by molar-refractivity contribution is -0.150. The molecule has 2 aromatic heterocycles. The van der Waals surface area contributed by atoms with Crippen LogP contribution in [0.25, 0.3) is 22.3 Å². The molecule has 2 amide bonds. The molecule has 8 rings (SSSR count). The molecule has 4 aliphatic rings. The van der Waals surface area contributed by atoms with Crippen LogP contribution in [0, 0.1) is 6.92 Å². The van der Waals surface area contributed by atoms with Crippen LogP contribution in [0.1, 0.15) is 102 Å². The van der Waals surface area contributed by atoms with E-state index in [0.717, 1.165) is 76.3 Å². The Morgan fingerprint density at radius 3 is 2.38 bits per heavy atom. The first-order valence-corrected chi connectivity index (χ1v) is 20.1. The van der Waals surface area contributed by atoms with Gasteiger partial charge in [-0.1, -0.05) is 24.6 Å². The van der Waals surface area contributed by atoms with Crippen molar-refractivity contribution in [2.24, 2.45) is 0 Å². The number of imidazole rings is 1. The number of fused-ring (bicyclic) bond motifs is 3. The molecule has 1 saturated carbocycles. The van der Waals surface area contributed by atoms with Crippen molar-refractivity contribution in [3.63, 3.8) is 0 Å². The Balaban J connectivity index is 1.18. The fourth-order valence-electron chi connectivity index (χ4n) is 9.42. The van der Waals surface area contributed by atoms with E-state index in [9.17, 15) is 19.8 Å². The van der Waals surface area contributed by atoms with Crippen LogP contribution in [0.3, 0.4) is 0 Å². The molecule has 1 atom stereocenters. The highest BCUT2D eigenvalue weighted by Gasteiger charge is 2.56. The fourth-order valence-corrected chi connectivity index (χ4v) is 9.42. The van der Waals surface area contributed by atoms with Crippen LogP contribution >= 0.6 is 0 Å². The molecule has 1 unspecified atom stereocenters. The number of aliphatic hydroxyl groups is 2. The van der Waals surface area contributed by atoms with Crippen molar-refractivity contribution in [1.29, 1.82) is 0 Å². The number of hydrogen-bond donors (Lipinski definition) is 4. The van der Waals surface area contributed by atoms with E-state index >= 15 is 0 Å². The average molecular weight is 749 g/mol. The number of pyridine rings is 1. The second kappa shape index (κ2) is 14.3. The van der Waals surface area contributed by atoms with Gasteiger partial charge in [0.05, 0.1) is 23.0 Å². The zero-order valence-corrected chi connectivity index (χ0v) is 33.1. The van der Waals surface area contributed by atoms with E-state index in [1.165, 1.54) is 33.1 Å². The predicted molar refractivity (Wildman–Crippen MR) is 215 cm³/mol. The average Bonchev–Trinajstić information content (AvgIpc) is 3.69. The molecule has 12 nitrogen and oxygen atoms in total. The number of rotatable bonds is 9. The molecule has 3 aliphatic heterocycles. The van der Waals surface area contributed by atoms with E-state index in [1.807, 2.05) is 37.5 Å². The topological polar surface area (TPSA) is 139 Å². The molecule has 4 N–H and O–H groups in total. The highest BCUT2D eigenvalue weighted by molar-refractivity contribution is 6.09. The number of likely N-dealkylation sites (tertiary alicyclic amines) is 2. The monoisotopic (exact) mass is 748 g/mol. The van der Waals surface area contributed by atoms with Crippen LogP contribution in [0.15, 0.2) is 48.8 Å². The number of hydrogen-bond acceptors (Lipinski definition) is 9. The molecular formula is C43H56N8O4. The quantitative estimate of drug-likeness (QED) is 0.153. The summed E-state index contributed by atoms with van der Waals surface area (Å²) in [5.74, 6) is 0.497. The van der Waals surface area contributed by atoms with Gasteiger partial charge in [-0.25, -0.2) is 9.97 Å². The van der Waals surface area contributed by atoms with Gasteiger partial charge in [0.2, 0.25) is 5.91 Å². The molecule has 12 heteroatoms. The highest BCUT2D eigenvalue weighted by atomic mass is 16.3. The number of nitrogens with one attached hydrogen (secondary N) is 2. The zero-order chi connectivity index (χ0) is 38.8. The first-order chi connectivity index (χ1) is 26.3. The summed E-state index contributed by atoms with van der Waals surface area (Å²) < 4.78 is 2.11. The van der Waals surface area contributed by atoms with E-state index in [-0.39, 0.29) is 23.9 Å². The molecule has 55 heavy (non-hydrogen) atoms. The number of piperidine rings is 2. The SMILES string of the molecule is CNC(O)c1cc(Nc2nc(-c3ccc4c(c3)N(C3CC(N5CCCCC5)C3)C(=O)C43CCN(C(=O)C(C)(C)O)CC3)cc3ncn(C(C)C)c23)ccc1C. The van der Waals surface area contributed by atoms with Crippen molar-refractivity contribution in [2.75, 3.05) is 43.4 Å². The number of carbonyl (C=O) groups is 2. The van der Waals surface area contributed by atoms with Crippen LogP contribution in [-0.2, 0) is 15.0 Å². The Hall–Kier alpha value is -4.36. The molecule has 4 aromatic rings. The minimum absolute atomic E-state index is 0.113. The number of aryl methyl sites for hydroxylation is 1. The van der Waals surface area contributed by atoms with E-state index in [1.54, 1.807) is 11.9 Å². The minimum atomic E-state index is -1.46. The summed E-state index contributed by atoms with van der Waals surface area (Å²) in [5.41, 5.74) is 5.68.